The zero-order valence-electron chi connectivity index (χ0n) is 16.4. The third kappa shape index (κ3) is 3.47. The Bertz CT molecular complexity index is 1020. The van der Waals surface area contributed by atoms with E-state index in [0.717, 1.165) is 9.88 Å². The lowest BCUT2D eigenvalue weighted by molar-refractivity contribution is -0.121. The minimum Gasteiger partial charge on any atom is -0.395 e. The van der Waals surface area contributed by atoms with Crippen LogP contribution < -0.4 is 4.90 Å². The first-order valence-corrected chi connectivity index (χ1v) is 12.1. The van der Waals surface area contributed by atoms with Crippen LogP contribution in [0, 0.1) is 0 Å². The van der Waals surface area contributed by atoms with E-state index < -0.39 is 0 Å². The monoisotopic (exact) mass is 466 g/mol. The molecule has 4 rings (SSSR count). The van der Waals surface area contributed by atoms with E-state index in [1.54, 1.807) is 29.7 Å². The zero-order valence-corrected chi connectivity index (χ0v) is 19.7. The molecule has 1 amide bonds. The molecule has 0 unspecified atom stereocenters. The molecule has 2 aromatic heterocycles. The number of anilines is 1. The normalized spacial score (nSPS) is 18.7. The number of hydrogen-bond acceptors (Lipinski definition) is 8. The van der Waals surface area contributed by atoms with Crippen LogP contribution in [-0.4, -0.2) is 58.7 Å². The molecule has 2 aliphatic rings. The fourth-order valence-corrected chi connectivity index (χ4v) is 7.71. The Morgan fingerprint density at radius 2 is 1.76 bits per heavy atom. The van der Waals surface area contributed by atoms with Gasteiger partial charge < -0.3 is 15.1 Å². The van der Waals surface area contributed by atoms with Crippen LogP contribution in [0.4, 0.5) is 5.00 Å². The molecule has 0 bridgehead atoms. The van der Waals surface area contributed by atoms with Crippen LogP contribution in [0.2, 0.25) is 0 Å². The van der Waals surface area contributed by atoms with Gasteiger partial charge in [0, 0.05) is 35.3 Å². The van der Waals surface area contributed by atoms with Crippen LogP contribution in [0.1, 0.15) is 29.9 Å². The van der Waals surface area contributed by atoms with Gasteiger partial charge in [0.05, 0.1) is 28.0 Å². The van der Waals surface area contributed by atoms with Crippen LogP contribution in [0.15, 0.2) is 17.0 Å². The number of hydrogen-bond donors (Lipinski definition) is 2. The highest BCUT2D eigenvalue weighted by Crippen LogP contribution is 2.57. The number of thiophene rings is 2. The number of thioether (sulfide) groups is 1. The van der Waals surface area contributed by atoms with Crippen LogP contribution in [-0.2, 0) is 10.2 Å². The second kappa shape index (κ2) is 7.79. The van der Waals surface area contributed by atoms with Gasteiger partial charge in [-0.15, -0.1) is 22.7 Å². The average Bonchev–Trinajstić information content (AvgIpc) is 3.38. The maximum absolute atomic E-state index is 12.3. The summed E-state index contributed by atoms with van der Waals surface area (Å²) in [5.74, 6) is -0.0458. The number of nitrogens with zero attached hydrogens (tertiary/aromatic N) is 2. The summed E-state index contributed by atoms with van der Waals surface area (Å²) in [6.45, 7) is 5.55. The number of rotatable bonds is 6. The van der Waals surface area contributed by atoms with Crippen molar-refractivity contribution in [2.45, 2.75) is 19.3 Å². The van der Waals surface area contributed by atoms with Crippen molar-refractivity contribution in [3.63, 3.8) is 0 Å². The van der Waals surface area contributed by atoms with Gasteiger partial charge in [0.25, 0.3) is 5.91 Å². The second-order valence-electron chi connectivity index (χ2n) is 7.52. The lowest BCUT2D eigenvalue weighted by atomic mass is 9.84. The molecule has 29 heavy (non-hydrogen) atoms. The van der Waals surface area contributed by atoms with E-state index in [0.29, 0.717) is 22.3 Å². The Hall–Kier alpha value is -1.23. The zero-order chi connectivity index (χ0) is 20.9. The first kappa shape index (κ1) is 21.0. The van der Waals surface area contributed by atoms with Crippen molar-refractivity contribution >= 4 is 68.0 Å². The van der Waals surface area contributed by atoms with Gasteiger partial charge in [-0.25, -0.2) is 0 Å². The fraction of sp³-hybridized carbons (Fsp3) is 0.400. The smallest absolute Gasteiger partial charge is 0.265 e. The molecule has 0 radical (unpaired) electrons. The molecule has 0 atom stereocenters. The number of likely N-dealkylation sites (N-methyl/N-ethyl adjacent to an activating group) is 1. The number of thiocarbonyl (C=S) groups is 1. The van der Waals surface area contributed by atoms with Crippen molar-refractivity contribution in [3.05, 3.63) is 33.0 Å². The average molecular weight is 467 g/mol. The molecule has 3 heterocycles. The first-order chi connectivity index (χ1) is 13.8. The first-order valence-electron chi connectivity index (χ1n) is 9.25. The summed E-state index contributed by atoms with van der Waals surface area (Å²) in [5.41, 5.74) is 2.44. The summed E-state index contributed by atoms with van der Waals surface area (Å²) in [6.07, 6.45) is 1.94. The van der Waals surface area contributed by atoms with E-state index in [1.807, 2.05) is 11.0 Å². The summed E-state index contributed by atoms with van der Waals surface area (Å²) in [4.78, 5) is 20.1. The van der Waals surface area contributed by atoms with Crippen LogP contribution >= 0.6 is 46.7 Å². The van der Waals surface area contributed by atoms with E-state index in [9.17, 15) is 15.0 Å². The predicted molar refractivity (Wildman–Crippen MR) is 127 cm³/mol. The highest BCUT2D eigenvalue weighted by molar-refractivity contribution is 8.26. The molecule has 1 aliphatic heterocycles. The van der Waals surface area contributed by atoms with Gasteiger partial charge in [0.15, 0.2) is 0 Å². The summed E-state index contributed by atoms with van der Waals surface area (Å²) >= 11 is 9.98. The van der Waals surface area contributed by atoms with Crippen molar-refractivity contribution in [1.82, 2.24) is 4.90 Å². The lowest BCUT2D eigenvalue weighted by Crippen LogP contribution is -2.29. The minimum atomic E-state index is -0.129. The molecule has 0 saturated carbocycles. The number of amides is 1. The molecular formula is C20H22N2O3S4. The summed E-state index contributed by atoms with van der Waals surface area (Å²) in [7, 11) is 1.71. The molecule has 2 N–H and O–H groups in total. The van der Waals surface area contributed by atoms with Gasteiger partial charge in [-0.2, -0.15) is 0 Å². The standard InChI is InChI=1S/C20H22N2O3S4/c1-20(2)12-8-11(9-14-18(25)21(3)19(26)28-14)27-16(12)17-13(20)10-15(29-17)22(4-6-23)5-7-24/h8-10,23-24H,4-7H2,1-3H3/b14-9-. The van der Waals surface area contributed by atoms with E-state index in [-0.39, 0.29) is 24.5 Å². The summed E-state index contributed by atoms with van der Waals surface area (Å²) < 4.78 is 0.587. The third-order valence-corrected chi connectivity index (χ3v) is 9.26. The van der Waals surface area contributed by atoms with Gasteiger partial charge >= 0.3 is 0 Å². The van der Waals surface area contributed by atoms with Crippen LogP contribution in [0.5, 0.6) is 0 Å². The second-order valence-corrected chi connectivity index (χ2v) is 11.3. The molecule has 1 saturated heterocycles. The van der Waals surface area contributed by atoms with Crippen molar-refractivity contribution in [2.75, 3.05) is 38.3 Å². The minimum absolute atomic E-state index is 0.0458. The van der Waals surface area contributed by atoms with Gasteiger partial charge in [-0.05, 0) is 29.3 Å². The predicted octanol–water partition coefficient (Wildman–Crippen LogP) is 3.74. The number of aliphatic hydroxyl groups excluding tert-OH is 2. The molecule has 2 aromatic rings. The Balaban J connectivity index is 1.72. The van der Waals surface area contributed by atoms with E-state index in [2.05, 4.69) is 26.0 Å². The van der Waals surface area contributed by atoms with Crippen molar-refractivity contribution in [3.8, 4) is 9.75 Å². The summed E-state index contributed by atoms with van der Waals surface area (Å²) in [5, 5.41) is 19.8. The topological polar surface area (TPSA) is 64.0 Å². The Labute approximate surface area is 187 Å². The van der Waals surface area contributed by atoms with Crippen molar-refractivity contribution < 1.29 is 15.0 Å². The number of fused-ring (bicyclic) bond motifs is 3. The maximum atomic E-state index is 12.3. The highest BCUT2D eigenvalue weighted by Gasteiger charge is 2.40. The van der Waals surface area contributed by atoms with Gasteiger partial charge in [-0.3, -0.25) is 9.69 Å². The fourth-order valence-electron chi connectivity index (χ4n) is 3.67. The molecule has 9 heteroatoms. The quantitative estimate of drug-likeness (QED) is 0.500. The number of aliphatic hydroxyl groups is 2. The van der Waals surface area contributed by atoms with Crippen molar-refractivity contribution in [1.29, 1.82) is 0 Å². The molecule has 0 aromatic carbocycles. The number of carbonyl (C=O) groups excluding carboxylic acids is 1. The van der Waals surface area contributed by atoms with E-state index >= 15 is 0 Å². The lowest BCUT2D eigenvalue weighted by Gasteiger charge is -2.22. The van der Waals surface area contributed by atoms with Gasteiger partial charge in [-0.1, -0.05) is 37.8 Å². The molecule has 154 valence electrons. The third-order valence-electron chi connectivity index (χ3n) is 5.33. The largest absolute Gasteiger partial charge is 0.395 e. The van der Waals surface area contributed by atoms with Crippen LogP contribution in [0.25, 0.3) is 15.8 Å². The van der Waals surface area contributed by atoms with Crippen molar-refractivity contribution in [2.24, 2.45) is 0 Å². The van der Waals surface area contributed by atoms with Gasteiger partial charge in [0.1, 0.15) is 4.32 Å². The highest BCUT2D eigenvalue weighted by atomic mass is 32.2. The van der Waals surface area contributed by atoms with E-state index in [4.69, 9.17) is 12.2 Å². The van der Waals surface area contributed by atoms with Crippen LogP contribution in [0.3, 0.4) is 0 Å². The molecule has 0 spiro atoms. The van der Waals surface area contributed by atoms with E-state index in [1.165, 1.54) is 37.5 Å². The SMILES string of the molecule is CN1C(=O)/C(=C/c2cc3c(s2)-c2sc(N(CCO)CCO)cc2C3(C)C)SC1=S. The Kier molecular flexibility index (Phi) is 5.65. The molecule has 1 fully saturated rings. The maximum Gasteiger partial charge on any atom is 0.265 e. The summed E-state index contributed by atoms with van der Waals surface area (Å²) in [6, 6.07) is 4.38. The molecular weight excluding hydrogens is 444 g/mol. The Morgan fingerprint density at radius 1 is 1.14 bits per heavy atom. The molecule has 1 aliphatic carbocycles. The number of carbonyl (C=O) groups is 1. The molecule has 5 nitrogen and oxygen atoms in total. The van der Waals surface area contributed by atoms with Gasteiger partial charge in [0.2, 0.25) is 0 Å². The Morgan fingerprint density at radius 3 is 2.34 bits per heavy atom.